The van der Waals surface area contributed by atoms with Gasteiger partial charge in [-0.15, -0.1) is 0 Å². The lowest BCUT2D eigenvalue weighted by atomic mass is 10.5. The van der Waals surface area contributed by atoms with E-state index in [9.17, 15) is 0 Å². The highest BCUT2D eigenvalue weighted by Crippen LogP contribution is 2.15. The minimum Gasteiger partial charge on any atom is -0.377 e. The van der Waals surface area contributed by atoms with Crippen molar-refractivity contribution in [2.24, 2.45) is 11.5 Å². The summed E-state index contributed by atoms with van der Waals surface area (Å²) in [6.07, 6.45) is 0.851. The van der Waals surface area contributed by atoms with Crippen LogP contribution in [0.5, 0.6) is 0 Å². The topological polar surface area (TPSA) is 91.8 Å². The normalized spacial score (nSPS) is 12.0. The van der Waals surface area contributed by atoms with Crippen molar-refractivity contribution >= 4 is 8.80 Å². The van der Waals surface area contributed by atoms with E-state index in [1.807, 2.05) is 0 Å². The van der Waals surface area contributed by atoms with Crippen LogP contribution in [0.1, 0.15) is 6.42 Å². The van der Waals surface area contributed by atoms with Crippen LogP contribution >= 0.6 is 0 Å². The molecule has 0 fully saturated rings. The summed E-state index contributed by atoms with van der Waals surface area (Å²) in [5.74, 6) is 0. The Balaban J connectivity index is 3.82. The Morgan fingerprint density at radius 2 is 1.75 bits per heavy atom. The molecule has 0 saturated heterocycles. The van der Waals surface area contributed by atoms with Gasteiger partial charge in [-0.05, 0) is 13.0 Å². The second-order valence-corrected chi connectivity index (χ2v) is 6.34. The van der Waals surface area contributed by atoms with E-state index in [0.29, 0.717) is 19.7 Å². The number of nitrogens with two attached hydrogens (primary N) is 2. The van der Waals surface area contributed by atoms with Crippen molar-refractivity contribution < 1.29 is 13.3 Å². The quantitative estimate of drug-likeness (QED) is 0.327. The van der Waals surface area contributed by atoms with Crippen LogP contribution < -0.4 is 16.8 Å². The van der Waals surface area contributed by atoms with Gasteiger partial charge in [0.25, 0.3) is 0 Å². The Morgan fingerprint density at radius 3 is 2.25 bits per heavy atom. The number of nitrogens with one attached hydrogen (secondary N) is 1. The first-order valence-corrected chi connectivity index (χ1v) is 7.53. The van der Waals surface area contributed by atoms with Crippen molar-refractivity contribution in [1.29, 1.82) is 0 Å². The van der Waals surface area contributed by atoms with E-state index in [1.54, 1.807) is 14.2 Å². The smallest absolute Gasteiger partial charge is 0.377 e. The molecule has 0 spiro atoms. The molecular formula is C9H25N3O3Si. The van der Waals surface area contributed by atoms with E-state index in [4.69, 9.17) is 24.7 Å². The standard InChI is InChI=1S/C9H25N3O3Si/c1-13-16(14-2,9-3-4-10)15-8-7-12-6-5-11/h12H,3-11H2,1-2H3. The molecule has 0 bridgehead atoms. The lowest BCUT2D eigenvalue weighted by molar-refractivity contribution is 0.0987. The third-order valence-corrected chi connectivity index (χ3v) is 5.08. The van der Waals surface area contributed by atoms with E-state index >= 15 is 0 Å². The van der Waals surface area contributed by atoms with E-state index in [1.165, 1.54) is 0 Å². The molecule has 6 nitrogen and oxygen atoms in total. The third kappa shape index (κ3) is 6.54. The van der Waals surface area contributed by atoms with E-state index < -0.39 is 8.80 Å². The number of hydrogen-bond donors (Lipinski definition) is 3. The average molecular weight is 251 g/mol. The zero-order valence-corrected chi connectivity index (χ0v) is 11.3. The zero-order chi connectivity index (χ0) is 12.3. The van der Waals surface area contributed by atoms with Crippen molar-refractivity contribution in [3.05, 3.63) is 0 Å². The molecule has 7 heteroatoms. The summed E-state index contributed by atoms with van der Waals surface area (Å²) in [5.41, 5.74) is 10.8. The van der Waals surface area contributed by atoms with Crippen molar-refractivity contribution in [1.82, 2.24) is 5.32 Å². The highest BCUT2D eigenvalue weighted by atomic mass is 28.4. The second-order valence-electron chi connectivity index (χ2n) is 3.37. The molecule has 0 aromatic heterocycles. The van der Waals surface area contributed by atoms with Gasteiger partial charge in [-0.2, -0.15) is 0 Å². The van der Waals surface area contributed by atoms with Gasteiger partial charge in [0, 0.05) is 39.9 Å². The molecule has 16 heavy (non-hydrogen) atoms. The molecule has 0 aliphatic carbocycles. The maximum atomic E-state index is 5.71. The Labute approximate surface area is 99.0 Å². The van der Waals surface area contributed by atoms with Gasteiger partial charge >= 0.3 is 8.80 Å². The van der Waals surface area contributed by atoms with Crippen LogP contribution in [-0.4, -0.2) is 55.8 Å². The maximum absolute atomic E-state index is 5.71. The molecule has 0 aliphatic rings. The summed E-state index contributed by atoms with van der Waals surface area (Å²) >= 11 is 0. The second kappa shape index (κ2) is 10.2. The third-order valence-electron chi connectivity index (χ3n) is 2.23. The number of hydrogen-bond acceptors (Lipinski definition) is 6. The van der Waals surface area contributed by atoms with Gasteiger partial charge in [-0.1, -0.05) is 0 Å². The molecule has 5 N–H and O–H groups in total. The SMILES string of the molecule is CO[Si](CCCN)(OC)OCCNCCN. The van der Waals surface area contributed by atoms with E-state index in [0.717, 1.165) is 25.6 Å². The summed E-state index contributed by atoms with van der Waals surface area (Å²) < 4.78 is 16.5. The molecule has 0 saturated carbocycles. The number of rotatable bonds is 11. The summed E-state index contributed by atoms with van der Waals surface area (Å²) in [7, 11) is 0.773. The molecule has 0 unspecified atom stereocenters. The van der Waals surface area contributed by atoms with Gasteiger partial charge in [-0.3, -0.25) is 0 Å². The fourth-order valence-corrected chi connectivity index (χ4v) is 3.31. The van der Waals surface area contributed by atoms with Crippen molar-refractivity contribution in [2.75, 3.05) is 47.0 Å². The molecule has 0 rings (SSSR count). The summed E-state index contributed by atoms with van der Waals surface area (Å²) in [6.45, 7) is 3.36. The molecule has 0 radical (unpaired) electrons. The predicted octanol–water partition coefficient (Wildman–Crippen LogP) is -0.868. The van der Waals surface area contributed by atoms with Crippen LogP contribution in [0.2, 0.25) is 6.04 Å². The van der Waals surface area contributed by atoms with Gasteiger partial charge in [0.2, 0.25) is 0 Å². The first kappa shape index (κ1) is 16.0. The fraction of sp³-hybridized carbons (Fsp3) is 1.00. The van der Waals surface area contributed by atoms with Gasteiger partial charge in [0.15, 0.2) is 0 Å². The molecule has 98 valence electrons. The molecule has 0 heterocycles. The molecule has 0 atom stereocenters. The van der Waals surface area contributed by atoms with Crippen LogP contribution in [-0.2, 0) is 13.3 Å². The van der Waals surface area contributed by atoms with Crippen molar-refractivity contribution in [3.63, 3.8) is 0 Å². The van der Waals surface area contributed by atoms with Crippen LogP contribution in [0.3, 0.4) is 0 Å². The lowest BCUT2D eigenvalue weighted by Gasteiger charge is -2.26. The molecule has 0 amide bonds. The maximum Gasteiger partial charge on any atom is 0.500 e. The monoisotopic (exact) mass is 251 g/mol. The minimum absolute atomic E-state index is 0.568. The van der Waals surface area contributed by atoms with Crippen LogP contribution in [0, 0.1) is 0 Å². The Hall–Kier alpha value is -0.0231. The van der Waals surface area contributed by atoms with Gasteiger partial charge in [0.1, 0.15) is 0 Å². The van der Waals surface area contributed by atoms with E-state index in [-0.39, 0.29) is 0 Å². The Kier molecular flexibility index (Phi) is 10.1. The summed E-state index contributed by atoms with van der Waals surface area (Å²) in [5, 5.41) is 3.15. The van der Waals surface area contributed by atoms with Gasteiger partial charge < -0.3 is 30.1 Å². The molecule has 0 aromatic rings. The largest absolute Gasteiger partial charge is 0.500 e. The van der Waals surface area contributed by atoms with Crippen LogP contribution in [0.25, 0.3) is 0 Å². The van der Waals surface area contributed by atoms with Gasteiger partial charge in [-0.25, -0.2) is 0 Å². The van der Waals surface area contributed by atoms with Crippen molar-refractivity contribution in [3.8, 4) is 0 Å². The fourth-order valence-electron chi connectivity index (χ4n) is 1.30. The van der Waals surface area contributed by atoms with Crippen LogP contribution in [0.15, 0.2) is 0 Å². The molecule has 0 aliphatic heterocycles. The summed E-state index contributed by atoms with van der Waals surface area (Å²) in [6, 6.07) is 0.757. The first-order chi connectivity index (χ1) is 7.74. The van der Waals surface area contributed by atoms with Crippen LogP contribution in [0.4, 0.5) is 0 Å². The minimum atomic E-state index is -2.48. The molecular weight excluding hydrogens is 226 g/mol. The average Bonchev–Trinajstić information content (AvgIpc) is 2.33. The first-order valence-electron chi connectivity index (χ1n) is 5.59. The Bertz CT molecular complexity index is 159. The highest BCUT2D eigenvalue weighted by Gasteiger charge is 2.37. The lowest BCUT2D eigenvalue weighted by Crippen LogP contribution is -2.45. The highest BCUT2D eigenvalue weighted by molar-refractivity contribution is 6.60. The van der Waals surface area contributed by atoms with Gasteiger partial charge in [0.05, 0.1) is 6.61 Å². The van der Waals surface area contributed by atoms with Crippen molar-refractivity contribution in [2.45, 2.75) is 12.5 Å². The summed E-state index contributed by atoms with van der Waals surface area (Å²) in [4.78, 5) is 0. The van der Waals surface area contributed by atoms with E-state index in [2.05, 4.69) is 5.32 Å². The molecule has 0 aromatic carbocycles. The Morgan fingerprint density at radius 1 is 1.06 bits per heavy atom. The predicted molar refractivity (Wildman–Crippen MR) is 66.1 cm³/mol. The zero-order valence-electron chi connectivity index (χ0n) is 10.3.